The molecule has 1 heterocycles. The smallest absolute Gasteiger partial charge is 0.261 e. The second-order valence-electron chi connectivity index (χ2n) is 17.9. The quantitative estimate of drug-likeness (QED) is 0.0992. The predicted molar refractivity (Wildman–Crippen MR) is 248 cm³/mol. The summed E-state index contributed by atoms with van der Waals surface area (Å²) in [6, 6.07) is 64.0. The number of nitrogens with one attached hydrogen (secondary N) is 1. The molecule has 0 spiro atoms. The van der Waals surface area contributed by atoms with E-state index in [1.165, 1.54) is 20.7 Å². The first-order valence-electron chi connectivity index (χ1n) is 21.1. The van der Waals surface area contributed by atoms with Crippen LogP contribution < -0.4 is 26.1 Å². The van der Waals surface area contributed by atoms with Crippen LogP contribution in [0.2, 0.25) is 10.1 Å². The summed E-state index contributed by atoms with van der Waals surface area (Å²) in [5.74, 6) is 0. The number of hydrogen-bond donors (Lipinski definition) is 1. The lowest BCUT2D eigenvalue weighted by Gasteiger charge is -2.44. The van der Waals surface area contributed by atoms with Crippen LogP contribution in [0.3, 0.4) is 0 Å². The van der Waals surface area contributed by atoms with Crippen LogP contribution in [-0.4, -0.2) is 54.1 Å². The van der Waals surface area contributed by atoms with Crippen molar-refractivity contribution in [2.75, 3.05) is 13.2 Å². The van der Waals surface area contributed by atoms with Crippen LogP contribution in [0.4, 0.5) is 0 Å². The molecule has 0 saturated carbocycles. The highest BCUT2D eigenvalue weighted by molar-refractivity contribution is 7.00. The van der Waals surface area contributed by atoms with Crippen LogP contribution in [0, 0.1) is 0 Å². The van der Waals surface area contributed by atoms with E-state index in [0.717, 1.165) is 11.1 Å². The Morgan fingerprint density at radius 3 is 0.898 bits per heavy atom. The van der Waals surface area contributed by atoms with Crippen molar-refractivity contribution in [2.45, 2.75) is 89.1 Å². The number of benzene rings is 6. The summed E-state index contributed by atoms with van der Waals surface area (Å²) in [4.78, 5) is 0. The Kier molecular flexibility index (Phi) is 13.6. The van der Waals surface area contributed by atoms with Gasteiger partial charge in [0.15, 0.2) is 0 Å². The van der Waals surface area contributed by atoms with Crippen molar-refractivity contribution in [1.29, 1.82) is 0 Å². The highest BCUT2D eigenvalue weighted by atomic mass is 28.4. The maximum absolute atomic E-state index is 7.64. The van der Waals surface area contributed by atoms with Crippen LogP contribution >= 0.6 is 0 Å². The molecule has 0 aromatic heterocycles. The molecular weight excluding hydrogens is 759 g/mol. The van der Waals surface area contributed by atoms with Gasteiger partial charge in [0.2, 0.25) is 0 Å². The Morgan fingerprint density at radius 2 is 0.644 bits per heavy atom. The van der Waals surface area contributed by atoms with Crippen molar-refractivity contribution in [1.82, 2.24) is 5.32 Å². The van der Waals surface area contributed by atoms with Crippen LogP contribution in [0.5, 0.6) is 0 Å². The molecule has 1 N–H and O–H groups in total. The van der Waals surface area contributed by atoms with Crippen LogP contribution in [0.1, 0.15) is 52.7 Å². The van der Waals surface area contributed by atoms with Gasteiger partial charge >= 0.3 is 0 Å². The lowest BCUT2D eigenvalue weighted by molar-refractivity contribution is -0.0846. The van der Waals surface area contributed by atoms with E-state index < -0.39 is 16.6 Å². The van der Waals surface area contributed by atoms with Crippen molar-refractivity contribution in [3.8, 4) is 0 Å². The number of ether oxygens (including phenoxy) is 2. The highest BCUT2D eigenvalue weighted by Gasteiger charge is 2.54. The van der Waals surface area contributed by atoms with E-state index in [2.05, 4.69) is 217 Å². The topological polar surface area (TPSA) is 49.0 Å². The minimum absolute atomic E-state index is 0.177. The Labute approximate surface area is 355 Å². The largest absolute Gasteiger partial charge is 0.406 e. The summed E-state index contributed by atoms with van der Waals surface area (Å²) < 4.78 is 29.4. The maximum Gasteiger partial charge on any atom is 0.261 e. The third-order valence-electron chi connectivity index (χ3n) is 11.9. The zero-order valence-electron chi connectivity index (χ0n) is 35.6. The lowest BCUT2D eigenvalue weighted by Crippen LogP contribution is -2.67. The van der Waals surface area contributed by atoms with E-state index in [1.54, 1.807) is 0 Å². The molecular formula is C52H61NO4Si2. The minimum atomic E-state index is -2.87. The van der Waals surface area contributed by atoms with Gasteiger partial charge in [0.25, 0.3) is 16.6 Å². The summed E-state index contributed by atoms with van der Waals surface area (Å²) in [6.45, 7) is 15.8. The normalized spacial score (nSPS) is 18.8. The van der Waals surface area contributed by atoms with Crippen LogP contribution in [0.25, 0.3) is 0 Å². The molecule has 0 aliphatic carbocycles. The maximum atomic E-state index is 7.64. The van der Waals surface area contributed by atoms with Crippen LogP contribution in [-0.2, 0) is 31.5 Å². The van der Waals surface area contributed by atoms with Gasteiger partial charge in [-0.3, -0.25) is 0 Å². The molecule has 1 saturated heterocycles. The summed E-state index contributed by atoms with van der Waals surface area (Å²) in [5, 5.41) is 8.72. The van der Waals surface area contributed by atoms with Gasteiger partial charge in [0.05, 0.1) is 38.5 Å². The molecule has 4 atom stereocenters. The number of hydrogen-bond acceptors (Lipinski definition) is 5. The molecule has 6 aromatic carbocycles. The molecule has 7 rings (SSSR count). The summed E-state index contributed by atoms with van der Waals surface area (Å²) in [6.07, 6.45) is -0.658. The molecule has 1 fully saturated rings. The monoisotopic (exact) mass is 819 g/mol. The van der Waals surface area contributed by atoms with Crippen molar-refractivity contribution in [3.05, 3.63) is 193 Å². The van der Waals surface area contributed by atoms with E-state index in [9.17, 15) is 0 Å². The van der Waals surface area contributed by atoms with Crippen molar-refractivity contribution in [2.24, 2.45) is 0 Å². The van der Waals surface area contributed by atoms with E-state index in [-0.39, 0.29) is 34.4 Å². The summed E-state index contributed by atoms with van der Waals surface area (Å²) in [7, 11) is -5.74. The average Bonchev–Trinajstić information content (AvgIpc) is 3.59. The van der Waals surface area contributed by atoms with E-state index in [0.29, 0.717) is 26.4 Å². The fourth-order valence-corrected chi connectivity index (χ4v) is 18.3. The molecule has 1 aliphatic rings. The zero-order valence-corrected chi connectivity index (χ0v) is 37.6. The lowest BCUT2D eigenvalue weighted by atomic mass is 10.1. The first kappa shape index (κ1) is 42.7. The van der Waals surface area contributed by atoms with Gasteiger partial charge < -0.3 is 23.6 Å². The molecule has 0 bridgehead atoms. The molecule has 0 unspecified atom stereocenters. The van der Waals surface area contributed by atoms with Gasteiger partial charge in [-0.05, 0) is 42.0 Å². The molecule has 0 radical (unpaired) electrons. The molecule has 0 amide bonds. The average molecular weight is 820 g/mol. The van der Waals surface area contributed by atoms with Gasteiger partial charge in [-0.1, -0.05) is 224 Å². The van der Waals surface area contributed by atoms with E-state index in [1.807, 2.05) is 12.1 Å². The second-order valence-corrected chi connectivity index (χ2v) is 26.5. The molecule has 59 heavy (non-hydrogen) atoms. The van der Waals surface area contributed by atoms with Gasteiger partial charge in [0, 0.05) is 0 Å². The Morgan fingerprint density at radius 1 is 0.390 bits per heavy atom. The van der Waals surface area contributed by atoms with Crippen molar-refractivity contribution >= 4 is 37.4 Å². The number of rotatable bonds is 16. The Bertz CT molecular complexity index is 1910. The Hall–Kier alpha value is -4.45. The van der Waals surface area contributed by atoms with Gasteiger partial charge in [-0.15, -0.1) is 0 Å². The van der Waals surface area contributed by atoms with E-state index >= 15 is 0 Å². The zero-order chi connectivity index (χ0) is 41.4. The van der Waals surface area contributed by atoms with Gasteiger partial charge in [0.1, 0.15) is 12.2 Å². The first-order valence-corrected chi connectivity index (χ1v) is 24.9. The fraction of sp³-hybridized carbons (Fsp3) is 0.308. The summed E-state index contributed by atoms with van der Waals surface area (Å²) in [5.41, 5.74) is 2.24. The molecule has 5 nitrogen and oxygen atoms in total. The van der Waals surface area contributed by atoms with Crippen LogP contribution in [0.15, 0.2) is 182 Å². The van der Waals surface area contributed by atoms with E-state index in [4.69, 9.17) is 18.3 Å². The fourth-order valence-electron chi connectivity index (χ4n) is 9.12. The molecule has 7 heteroatoms. The highest BCUT2D eigenvalue weighted by Crippen LogP contribution is 2.39. The summed E-state index contributed by atoms with van der Waals surface area (Å²) >= 11 is 0. The molecule has 306 valence electrons. The third kappa shape index (κ3) is 9.32. The SMILES string of the molecule is CC(C)(C)[Si](OC[C@@H]1N[C@H](CO[Si](c2ccccc2)(c2ccccc2)C(C)(C)C)[C@@H](OCc2ccccc2)[C@H]1OCc1ccccc1)(c1ccccc1)c1ccccc1. The molecule has 6 aromatic rings. The predicted octanol–water partition coefficient (Wildman–Crippen LogP) is 8.65. The second kappa shape index (κ2) is 18.9. The molecule has 1 aliphatic heterocycles. The standard InChI is InChI=1S/C52H61NO4Si2/c1-51(2,3)58(43-29-17-9-18-30-43,44-31-19-10-20-32-44)56-39-47-49(54-37-41-25-13-7-14-26-41)50(55-38-42-27-15-8-16-28-42)48(53-47)40-57-59(52(4,5)6,45-33-21-11-22-34-45)46-35-23-12-24-36-46/h7-36,47-50,53H,37-40H2,1-6H3/t47-,48+,49-,50+. The van der Waals surface area contributed by atoms with Gasteiger partial charge in [-0.2, -0.15) is 0 Å². The third-order valence-corrected chi connectivity index (χ3v) is 21.9. The Balaban J connectivity index is 1.29. The minimum Gasteiger partial charge on any atom is -0.406 e. The first-order chi connectivity index (χ1) is 28.5. The van der Waals surface area contributed by atoms with Gasteiger partial charge in [-0.25, -0.2) is 0 Å². The van der Waals surface area contributed by atoms with Crippen molar-refractivity contribution in [3.63, 3.8) is 0 Å². The van der Waals surface area contributed by atoms with Crippen molar-refractivity contribution < 1.29 is 18.3 Å².